The van der Waals surface area contributed by atoms with Crippen molar-refractivity contribution < 1.29 is 4.42 Å². The van der Waals surface area contributed by atoms with Gasteiger partial charge in [0.2, 0.25) is 0 Å². The topological polar surface area (TPSA) is 46.2 Å². The SMILES string of the molecule is CC(C)(C)n1ccc([C@H]2[C@@H](c3ccccn3)NC(=S)N2Cc2ccco2)c1. The number of pyridine rings is 1. The first-order chi connectivity index (χ1) is 12.9. The summed E-state index contributed by atoms with van der Waals surface area (Å²) in [6, 6.07) is 12.1. The first kappa shape index (κ1) is 17.8. The van der Waals surface area contributed by atoms with Crippen LogP contribution in [0.5, 0.6) is 0 Å². The van der Waals surface area contributed by atoms with Gasteiger partial charge in [0.1, 0.15) is 5.76 Å². The van der Waals surface area contributed by atoms with Crippen LogP contribution in [0.1, 0.15) is 49.9 Å². The average molecular weight is 381 g/mol. The van der Waals surface area contributed by atoms with Crippen LogP contribution >= 0.6 is 12.2 Å². The van der Waals surface area contributed by atoms with Crippen LogP contribution in [0.4, 0.5) is 0 Å². The third-order valence-corrected chi connectivity index (χ3v) is 5.29. The zero-order chi connectivity index (χ0) is 19.0. The minimum absolute atomic E-state index is 0.00974. The molecule has 6 heteroatoms. The maximum atomic E-state index is 5.69. The fourth-order valence-corrected chi connectivity index (χ4v) is 3.82. The molecule has 0 radical (unpaired) electrons. The zero-order valence-corrected chi connectivity index (χ0v) is 16.6. The summed E-state index contributed by atoms with van der Waals surface area (Å²) in [7, 11) is 0. The van der Waals surface area contributed by atoms with Crippen molar-refractivity contribution >= 4 is 17.3 Å². The fraction of sp³-hybridized carbons (Fsp3) is 0.333. The Balaban J connectivity index is 1.74. The second-order valence-electron chi connectivity index (χ2n) is 7.86. The summed E-state index contributed by atoms with van der Waals surface area (Å²) in [5, 5.41) is 4.19. The van der Waals surface area contributed by atoms with Gasteiger partial charge in [-0.25, -0.2) is 0 Å². The molecule has 0 bridgehead atoms. The van der Waals surface area contributed by atoms with Gasteiger partial charge in [0, 0.05) is 24.1 Å². The van der Waals surface area contributed by atoms with Gasteiger partial charge in [0.15, 0.2) is 5.11 Å². The maximum absolute atomic E-state index is 5.69. The molecule has 0 unspecified atom stereocenters. The molecule has 4 heterocycles. The van der Waals surface area contributed by atoms with Gasteiger partial charge >= 0.3 is 0 Å². The highest BCUT2D eigenvalue weighted by atomic mass is 32.1. The van der Waals surface area contributed by atoms with Crippen LogP contribution in [0.25, 0.3) is 0 Å². The van der Waals surface area contributed by atoms with Gasteiger partial charge in [-0.1, -0.05) is 6.07 Å². The summed E-state index contributed by atoms with van der Waals surface area (Å²) in [5.74, 6) is 0.890. The van der Waals surface area contributed by atoms with Crippen molar-refractivity contribution in [2.45, 2.75) is 44.9 Å². The molecule has 0 aliphatic carbocycles. The number of nitrogens with one attached hydrogen (secondary N) is 1. The molecule has 140 valence electrons. The van der Waals surface area contributed by atoms with Gasteiger partial charge in [0.05, 0.1) is 30.6 Å². The van der Waals surface area contributed by atoms with E-state index in [9.17, 15) is 0 Å². The molecule has 0 spiro atoms. The molecule has 1 aliphatic heterocycles. The highest BCUT2D eigenvalue weighted by Gasteiger charge is 2.40. The monoisotopic (exact) mass is 380 g/mol. The Morgan fingerprint density at radius 3 is 2.67 bits per heavy atom. The summed E-state index contributed by atoms with van der Waals surface area (Å²) >= 11 is 5.69. The third-order valence-electron chi connectivity index (χ3n) is 4.94. The third kappa shape index (κ3) is 3.49. The lowest BCUT2D eigenvalue weighted by molar-refractivity contribution is 0.286. The van der Waals surface area contributed by atoms with Crippen molar-refractivity contribution in [1.29, 1.82) is 0 Å². The summed E-state index contributed by atoms with van der Waals surface area (Å²) in [6.45, 7) is 7.22. The van der Waals surface area contributed by atoms with Gasteiger partial charge in [0.25, 0.3) is 0 Å². The van der Waals surface area contributed by atoms with Gasteiger partial charge < -0.3 is 19.2 Å². The highest BCUT2D eigenvalue weighted by Crippen LogP contribution is 2.40. The van der Waals surface area contributed by atoms with Crippen LogP contribution in [0.2, 0.25) is 0 Å². The minimum atomic E-state index is -0.00974. The quantitative estimate of drug-likeness (QED) is 0.680. The Bertz CT molecular complexity index is 911. The van der Waals surface area contributed by atoms with Crippen LogP contribution in [0.3, 0.4) is 0 Å². The van der Waals surface area contributed by atoms with Gasteiger partial charge in [-0.2, -0.15) is 0 Å². The summed E-state index contributed by atoms with van der Waals surface area (Å²) in [6.07, 6.45) is 7.87. The Kier molecular flexibility index (Phi) is 4.52. The molecule has 1 fully saturated rings. The van der Waals surface area contributed by atoms with E-state index in [1.165, 1.54) is 5.56 Å². The maximum Gasteiger partial charge on any atom is 0.170 e. The molecule has 1 aliphatic rings. The van der Waals surface area contributed by atoms with E-state index in [0.717, 1.165) is 16.6 Å². The number of rotatable bonds is 4. The molecule has 0 aromatic carbocycles. The van der Waals surface area contributed by atoms with Crippen molar-refractivity contribution in [3.05, 3.63) is 78.3 Å². The summed E-state index contributed by atoms with van der Waals surface area (Å²) in [4.78, 5) is 6.77. The molecule has 1 saturated heterocycles. The second kappa shape index (κ2) is 6.85. The lowest BCUT2D eigenvalue weighted by Crippen LogP contribution is -2.29. The number of aromatic nitrogens is 2. The molecule has 1 N–H and O–H groups in total. The average Bonchev–Trinajstić information content (AvgIpc) is 3.37. The fourth-order valence-electron chi connectivity index (χ4n) is 3.51. The van der Waals surface area contributed by atoms with Gasteiger partial charge in [-0.05, 0) is 68.9 Å². The standard InChI is InChI=1S/C21H24N4OS/c1-21(2,3)24-11-9-15(13-24)19-18(17-8-4-5-10-22-17)23-20(27)25(19)14-16-7-6-12-26-16/h4-13,18-19H,14H2,1-3H3,(H,23,27)/t18-,19+/m1/s1. The van der Waals surface area contributed by atoms with Crippen LogP contribution < -0.4 is 5.32 Å². The number of hydrogen-bond acceptors (Lipinski definition) is 3. The van der Waals surface area contributed by atoms with Crippen LogP contribution in [-0.4, -0.2) is 19.6 Å². The number of thiocarbonyl (C=S) groups is 1. The largest absolute Gasteiger partial charge is 0.467 e. The lowest BCUT2D eigenvalue weighted by atomic mass is 9.99. The van der Waals surface area contributed by atoms with Crippen LogP contribution in [0.15, 0.2) is 65.7 Å². The van der Waals surface area contributed by atoms with E-state index in [-0.39, 0.29) is 17.6 Å². The van der Waals surface area contributed by atoms with E-state index in [2.05, 4.69) is 59.0 Å². The van der Waals surface area contributed by atoms with Crippen molar-refractivity contribution in [2.24, 2.45) is 0 Å². The summed E-state index contributed by atoms with van der Waals surface area (Å²) < 4.78 is 7.82. The molecule has 0 amide bonds. The molecule has 3 aromatic rings. The lowest BCUT2D eigenvalue weighted by Gasteiger charge is -2.27. The van der Waals surface area contributed by atoms with E-state index in [1.807, 2.05) is 36.5 Å². The summed E-state index contributed by atoms with van der Waals surface area (Å²) in [5.41, 5.74) is 2.21. The smallest absolute Gasteiger partial charge is 0.170 e. The predicted molar refractivity (Wildman–Crippen MR) is 109 cm³/mol. The molecule has 5 nitrogen and oxygen atoms in total. The molecular weight excluding hydrogens is 356 g/mol. The van der Waals surface area contributed by atoms with Crippen molar-refractivity contribution in [1.82, 2.24) is 19.8 Å². The number of furan rings is 1. The van der Waals surface area contributed by atoms with E-state index in [0.29, 0.717) is 6.54 Å². The second-order valence-corrected chi connectivity index (χ2v) is 8.24. The van der Waals surface area contributed by atoms with E-state index in [1.54, 1.807) is 6.26 Å². The molecule has 3 aromatic heterocycles. The van der Waals surface area contributed by atoms with Crippen molar-refractivity contribution in [2.75, 3.05) is 0 Å². The Hall–Kier alpha value is -2.60. The first-order valence-corrected chi connectivity index (χ1v) is 9.53. The Labute approximate surface area is 165 Å². The first-order valence-electron chi connectivity index (χ1n) is 9.12. The minimum Gasteiger partial charge on any atom is -0.467 e. The molecule has 4 rings (SSSR count). The normalized spacial score (nSPS) is 20.1. The highest BCUT2D eigenvalue weighted by molar-refractivity contribution is 7.80. The van der Waals surface area contributed by atoms with Gasteiger partial charge in [-0.3, -0.25) is 4.98 Å². The van der Waals surface area contributed by atoms with Crippen molar-refractivity contribution in [3.8, 4) is 0 Å². The van der Waals surface area contributed by atoms with Gasteiger partial charge in [-0.15, -0.1) is 0 Å². The molecular formula is C21H24N4OS. The molecule has 0 saturated carbocycles. The molecule has 27 heavy (non-hydrogen) atoms. The number of nitrogens with zero attached hydrogens (tertiary/aromatic N) is 3. The Morgan fingerprint density at radius 1 is 1.19 bits per heavy atom. The zero-order valence-electron chi connectivity index (χ0n) is 15.8. The van der Waals surface area contributed by atoms with E-state index < -0.39 is 0 Å². The Morgan fingerprint density at radius 2 is 2.04 bits per heavy atom. The van der Waals surface area contributed by atoms with Crippen LogP contribution in [-0.2, 0) is 12.1 Å². The van der Waals surface area contributed by atoms with E-state index >= 15 is 0 Å². The van der Waals surface area contributed by atoms with Crippen molar-refractivity contribution in [3.63, 3.8) is 0 Å². The van der Waals surface area contributed by atoms with Crippen LogP contribution in [0, 0.1) is 0 Å². The van der Waals surface area contributed by atoms with E-state index in [4.69, 9.17) is 16.6 Å². The predicted octanol–water partition coefficient (Wildman–Crippen LogP) is 4.40. The molecule has 2 atom stereocenters. The number of hydrogen-bond donors (Lipinski definition) is 1.